The third kappa shape index (κ3) is 8.68. The van der Waals surface area contributed by atoms with Crippen molar-refractivity contribution in [1.82, 2.24) is 5.43 Å². The van der Waals surface area contributed by atoms with Gasteiger partial charge in [-0.1, -0.05) is 41.4 Å². The monoisotopic (exact) mass is 651 g/mol. The van der Waals surface area contributed by atoms with E-state index in [4.69, 9.17) is 30.5 Å². The summed E-state index contributed by atoms with van der Waals surface area (Å²) in [5, 5.41) is 4.67. The van der Waals surface area contributed by atoms with Crippen LogP contribution in [0.15, 0.2) is 94.9 Å². The van der Waals surface area contributed by atoms with Crippen molar-refractivity contribution in [3.63, 3.8) is 0 Å². The number of hydrogen-bond acceptors (Lipinski definition) is 8. The first kappa shape index (κ1) is 33.2. The third-order valence-electron chi connectivity index (χ3n) is 6.51. The molecule has 4 aromatic rings. The highest BCUT2D eigenvalue weighted by Crippen LogP contribution is 2.35. The summed E-state index contributed by atoms with van der Waals surface area (Å²) in [6.07, 6.45) is 1.42. The largest absolute Gasteiger partial charge is 0.497 e. The Hall–Kier alpha value is -4.74. The second-order valence-corrected chi connectivity index (χ2v) is 12.0. The normalized spacial score (nSPS) is 11.2. The van der Waals surface area contributed by atoms with Crippen LogP contribution in [0.25, 0.3) is 0 Å². The van der Waals surface area contributed by atoms with E-state index < -0.39 is 22.5 Å². The smallest absolute Gasteiger partial charge is 0.264 e. The second kappa shape index (κ2) is 15.3. The Bertz CT molecular complexity index is 1760. The van der Waals surface area contributed by atoms with E-state index in [1.165, 1.54) is 38.6 Å². The van der Waals surface area contributed by atoms with Crippen molar-refractivity contribution in [1.29, 1.82) is 0 Å². The molecule has 0 aromatic heterocycles. The van der Waals surface area contributed by atoms with E-state index in [0.717, 1.165) is 15.4 Å². The van der Waals surface area contributed by atoms with Gasteiger partial charge in [0.05, 0.1) is 37.6 Å². The SMILES string of the molecule is CCOc1cc(/C=N\NC(=O)CN(c2ccc(OC)cc2OC)S(=O)(=O)c2ccc(C)cc2)ccc1OCc1cccc(Cl)c1. The third-order valence-corrected chi connectivity index (χ3v) is 8.51. The summed E-state index contributed by atoms with van der Waals surface area (Å²) >= 11 is 6.07. The number of ether oxygens (including phenoxy) is 4. The van der Waals surface area contributed by atoms with E-state index in [0.29, 0.717) is 41.0 Å². The van der Waals surface area contributed by atoms with Crippen LogP contribution in [0.2, 0.25) is 5.02 Å². The maximum Gasteiger partial charge on any atom is 0.264 e. The lowest BCUT2D eigenvalue weighted by atomic mass is 10.2. The zero-order valence-corrected chi connectivity index (χ0v) is 26.9. The van der Waals surface area contributed by atoms with Gasteiger partial charge in [0.1, 0.15) is 24.7 Å². The van der Waals surface area contributed by atoms with Gasteiger partial charge in [0.25, 0.3) is 15.9 Å². The summed E-state index contributed by atoms with van der Waals surface area (Å²) in [5.74, 6) is 1.03. The Balaban J connectivity index is 1.52. The zero-order valence-electron chi connectivity index (χ0n) is 25.3. The van der Waals surface area contributed by atoms with Gasteiger partial charge in [-0.15, -0.1) is 0 Å². The van der Waals surface area contributed by atoms with Gasteiger partial charge in [-0.25, -0.2) is 13.8 Å². The van der Waals surface area contributed by atoms with Crippen molar-refractivity contribution in [3.05, 3.63) is 107 Å². The molecular formula is C33H34ClN3O7S. The van der Waals surface area contributed by atoms with Crippen molar-refractivity contribution >= 4 is 39.4 Å². The minimum Gasteiger partial charge on any atom is -0.497 e. The zero-order chi connectivity index (χ0) is 32.4. The molecule has 0 spiro atoms. The van der Waals surface area contributed by atoms with Crippen molar-refractivity contribution in [2.45, 2.75) is 25.3 Å². The van der Waals surface area contributed by atoms with Gasteiger partial charge in [0.2, 0.25) is 0 Å². The average molecular weight is 652 g/mol. The van der Waals surface area contributed by atoms with Gasteiger partial charge in [0.15, 0.2) is 11.5 Å². The van der Waals surface area contributed by atoms with Crippen LogP contribution in [-0.4, -0.2) is 47.9 Å². The predicted octanol–water partition coefficient (Wildman–Crippen LogP) is 5.99. The number of aryl methyl sites for hydroxylation is 1. The Morgan fingerprint density at radius 1 is 0.911 bits per heavy atom. The first-order valence-electron chi connectivity index (χ1n) is 13.9. The molecule has 236 valence electrons. The van der Waals surface area contributed by atoms with Crippen molar-refractivity contribution in [3.8, 4) is 23.0 Å². The summed E-state index contributed by atoms with van der Waals surface area (Å²) < 4.78 is 50.9. The van der Waals surface area contributed by atoms with Crippen LogP contribution in [0.4, 0.5) is 5.69 Å². The van der Waals surface area contributed by atoms with Gasteiger partial charge >= 0.3 is 0 Å². The standard InChI is InChI=1S/C33H34ClN3O7S/c1-5-43-32-18-24(11-16-30(32)44-22-25-7-6-8-26(34)17-25)20-35-36-33(38)21-37(29-15-12-27(41-3)19-31(29)42-4)45(39,40)28-13-9-23(2)10-14-28/h6-20H,5,21-22H2,1-4H3,(H,36,38)/b35-20-. The Morgan fingerprint density at radius 3 is 2.38 bits per heavy atom. The molecule has 12 heteroatoms. The van der Waals surface area contributed by atoms with Crippen LogP contribution in [0, 0.1) is 6.92 Å². The van der Waals surface area contributed by atoms with Crippen molar-refractivity contribution < 1.29 is 32.2 Å². The van der Waals surface area contributed by atoms with E-state index in [-0.39, 0.29) is 16.3 Å². The number of rotatable bonds is 14. The number of nitrogens with zero attached hydrogens (tertiary/aromatic N) is 2. The summed E-state index contributed by atoms with van der Waals surface area (Å²) in [7, 11) is -1.29. The molecule has 0 unspecified atom stereocenters. The lowest BCUT2D eigenvalue weighted by Crippen LogP contribution is -2.39. The molecule has 10 nitrogen and oxygen atoms in total. The summed E-state index contributed by atoms with van der Waals surface area (Å²) in [6, 6.07) is 23.6. The molecule has 4 rings (SSSR count). The molecule has 1 N–H and O–H groups in total. The van der Waals surface area contributed by atoms with E-state index in [1.807, 2.05) is 32.0 Å². The fourth-order valence-electron chi connectivity index (χ4n) is 4.25. The van der Waals surface area contributed by atoms with Crippen molar-refractivity contribution in [2.75, 3.05) is 31.7 Å². The highest BCUT2D eigenvalue weighted by Gasteiger charge is 2.29. The molecule has 1 amide bonds. The maximum absolute atomic E-state index is 13.8. The molecule has 0 aliphatic heterocycles. The number of hydrazone groups is 1. The molecule has 0 heterocycles. The number of sulfonamides is 1. The number of nitrogens with one attached hydrogen (secondary N) is 1. The highest BCUT2D eigenvalue weighted by molar-refractivity contribution is 7.92. The fraction of sp³-hybridized carbons (Fsp3) is 0.212. The Kier molecular flexibility index (Phi) is 11.3. The first-order chi connectivity index (χ1) is 21.6. The van der Waals surface area contributed by atoms with Crippen LogP contribution in [0.3, 0.4) is 0 Å². The number of anilines is 1. The van der Waals surface area contributed by atoms with Crippen LogP contribution in [-0.2, 0) is 21.4 Å². The lowest BCUT2D eigenvalue weighted by Gasteiger charge is -2.25. The molecule has 0 saturated heterocycles. The van der Waals surface area contributed by atoms with Crippen LogP contribution in [0.1, 0.15) is 23.6 Å². The minimum absolute atomic E-state index is 0.0170. The van der Waals surface area contributed by atoms with Gasteiger partial charge in [-0.3, -0.25) is 9.10 Å². The second-order valence-electron chi connectivity index (χ2n) is 9.71. The fourth-order valence-corrected chi connectivity index (χ4v) is 5.90. The molecule has 0 radical (unpaired) electrons. The first-order valence-corrected chi connectivity index (χ1v) is 15.7. The van der Waals surface area contributed by atoms with Crippen LogP contribution < -0.4 is 28.7 Å². The molecule has 0 atom stereocenters. The van der Waals surface area contributed by atoms with Crippen LogP contribution in [0.5, 0.6) is 23.0 Å². The van der Waals surface area contributed by atoms with E-state index in [2.05, 4.69) is 10.5 Å². The molecule has 0 aliphatic rings. The molecule has 0 saturated carbocycles. The molecule has 0 aliphatic carbocycles. The highest BCUT2D eigenvalue weighted by atomic mass is 35.5. The number of hydrogen-bond donors (Lipinski definition) is 1. The average Bonchev–Trinajstić information content (AvgIpc) is 3.03. The molecule has 0 bridgehead atoms. The number of carbonyl (C=O) groups excluding carboxylic acids is 1. The van der Waals surface area contributed by atoms with Gasteiger partial charge in [-0.05, 0) is 79.6 Å². The molecular weight excluding hydrogens is 618 g/mol. The van der Waals surface area contributed by atoms with E-state index in [1.54, 1.807) is 48.5 Å². The van der Waals surface area contributed by atoms with E-state index >= 15 is 0 Å². The maximum atomic E-state index is 13.8. The number of carbonyl (C=O) groups is 1. The number of benzene rings is 4. The number of halogens is 1. The summed E-state index contributed by atoms with van der Waals surface area (Å²) in [6.45, 7) is 3.84. The quantitative estimate of drug-likeness (QED) is 0.132. The van der Waals surface area contributed by atoms with Gasteiger partial charge in [0, 0.05) is 11.1 Å². The number of amides is 1. The summed E-state index contributed by atoms with van der Waals surface area (Å²) in [5.41, 5.74) is 4.99. The molecule has 45 heavy (non-hydrogen) atoms. The van der Waals surface area contributed by atoms with Crippen molar-refractivity contribution in [2.24, 2.45) is 5.10 Å². The summed E-state index contributed by atoms with van der Waals surface area (Å²) in [4.78, 5) is 13.1. The van der Waals surface area contributed by atoms with Gasteiger partial charge in [-0.2, -0.15) is 5.10 Å². The van der Waals surface area contributed by atoms with Gasteiger partial charge < -0.3 is 18.9 Å². The number of methoxy groups -OCH3 is 2. The molecule has 0 fully saturated rings. The minimum atomic E-state index is -4.18. The lowest BCUT2D eigenvalue weighted by molar-refractivity contribution is -0.119. The Morgan fingerprint density at radius 2 is 1.69 bits per heavy atom. The topological polar surface area (TPSA) is 116 Å². The molecule has 4 aromatic carbocycles. The van der Waals surface area contributed by atoms with E-state index in [9.17, 15) is 13.2 Å². The predicted molar refractivity (Wildman–Crippen MR) is 174 cm³/mol. The van der Waals surface area contributed by atoms with Crippen LogP contribution >= 0.6 is 11.6 Å². The Labute approximate surface area is 268 Å².